The molecule has 0 atom stereocenters. The number of methoxy groups -OCH3 is 1. The van der Waals surface area contributed by atoms with Gasteiger partial charge in [-0.3, -0.25) is 0 Å². The van der Waals surface area contributed by atoms with E-state index in [2.05, 4.69) is 0 Å². The lowest BCUT2D eigenvalue weighted by molar-refractivity contribution is 0.285. The van der Waals surface area contributed by atoms with Crippen molar-refractivity contribution in [3.63, 3.8) is 0 Å². The molecular formula is C14H17NO4S2. The molecule has 1 aromatic heterocycles. The van der Waals surface area contributed by atoms with Crippen molar-refractivity contribution in [3.05, 3.63) is 46.8 Å². The standard InChI is InChI=1S/C14H17NO4S2/c1-15(9-11-3-5-12(19-2)6-4-11)21(17,18)14-8-7-13(10-16)20-14/h3-8,16H,9-10H2,1-2H3. The number of aliphatic hydroxyl groups is 1. The van der Waals surface area contributed by atoms with E-state index in [1.807, 2.05) is 12.1 Å². The first-order valence-electron chi connectivity index (χ1n) is 6.26. The quantitative estimate of drug-likeness (QED) is 0.882. The average molecular weight is 327 g/mol. The molecule has 0 amide bonds. The summed E-state index contributed by atoms with van der Waals surface area (Å²) >= 11 is 1.09. The predicted octanol–water partition coefficient (Wildman–Crippen LogP) is 2.07. The Morgan fingerprint density at radius 2 is 1.86 bits per heavy atom. The third-order valence-electron chi connectivity index (χ3n) is 3.02. The molecule has 1 N–H and O–H groups in total. The summed E-state index contributed by atoms with van der Waals surface area (Å²) in [7, 11) is -0.409. The Balaban J connectivity index is 2.15. The lowest BCUT2D eigenvalue weighted by Gasteiger charge is -2.16. The molecule has 0 saturated heterocycles. The van der Waals surface area contributed by atoms with Gasteiger partial charge < -0.3 is 9.84 Å². The van der Waals surface area contributed by atoms with E-state index >= 15 is 0 Å². The van der Waals surface area contributed by atoms with Gasteiger partial charge in [-0.15, -0.1) is 11.3 Å². The molecule has 0 radical (unpaired) electrons. The molecule has 5 nitrogen and oxygen atoms in total. The van der Waals surface area contributed by atoms with Gasteiger partial charge in [-0.1, -0.05) is 12.1 Å². The van der Waals surface area contributed by atoms with E-state index in [1.54, 1.807) is 25.3 Å². The zero-order valence-electron chi connectivity index (χ0n) is 11.8. The van der Waals surface area contributed by atoms with Crippen LogP contribution in [0.1, 0.15) is 10.4 Å². The highest BCUT2D eigenvalue weighted by Crippen LogP contribution is 2.25. The van der Waals surface area contributed by atoms with Gasteiger partial charge in [0.05, 0.1) is 13.7 Å². The minimum Gasteiger partial charge on any atom is -0.497 e. The molecule has 0 aliphatic rings. The SMILES string of the molecule is COc1ccc(CN(C)S(=O)(=O)c2ccc(CO)s2)cc1. The molecule has 0 aliphatic heterocycles. The Hall–Kier alpha value is -1.41. The fraction of sp³-hybridized carbons (Fsp3) is 0.286. The lowest BCUT2D eigenvalue weighted by Crippen LogP contribution is -2.25. The van der Waals surface area contributed by atoms with Crippen molar-refractivity contribution in [2.24, 2.45) is 0 Å². The van der Waals surface area contributed by atoms with Crippen molar-refractivity contribution in [1.29, 1.82) is 0 Å². The molecular weight excluding hydrogens is 310 g/mol. The number of hydrogen-bond acceptors (Lipinski definition) is 5. The van der Waals surface area contributed by atoms with Crippen LogP contribution in [0, 0.1) is 0 Å². The maximum absolute atomic E-state index is 12.4. The first-order chi connectivity index (χ1) is 9.97. The summed E-state index contributed by atoms with van der Waals surface area (Å²) in [5.74, 6) is 0.732. The largest absolute Gasteiger partial charge is 0.497 e. The first kappa shape index (κ1) is 16.0. The molecule has 1 aromatic carbocycles. The molecule has 2 aromatic rings. The highest BCUT2D eigenvalue weighted by molar-refractivity contribution is 7.91. The zero-order valence-corrected chi connectivity index (χ0v) is 13.4. The topological polar surface area (TPSA) is 66.8 Å². The monoisotopic (exact) mass is 327 g/mol. The summed E-state index contributed by atoms with van der Waals surface area (Å²) in [4.78, 5) is 0.631. The highest BCUT2D eigenvalue weighted by atomic mass is 32.2. The van der Waals surface area contributed by atoms with Crippen molar-refractivity contribution in [2.75, 3.05) is 14.2 Å². The van der Waals surface area contributed by atoms with Crippen LogP contribution in [0.15, 0.2) is 40.6 Å². The number of ether oxygens (including phenoxy) is 1. The maximum atomic E-state index is 12.4. The van der Waals surface area contributed by atoms with Crippen molar-refractivity contribution in [3.8, 4) is 5.75 Å². The van der Waals surface area contributed by atoms with Crippen LogP contribution in [0.25, 0.3) is 0 Å². The van der Waals surface area contributed by atoms with Gasteiger partial charge in [-0.05, 0) is 29.8 Å². The Morgan fingerprint density at radius 1 is 1.19 bits per heavy atom. The average Bonchev–Trinajstić information content (AvgIpc) is 2.97. The van der Waals surface area contributed by atoms with Crippen LogP contribution >= 0.6 is 11.3 Å². The first-order valence-corrected chi connectivity index (χ1v) is 8.52. The third kappa shape index (κ3) is 3.62. The fourth-order valence-corrected chi connectivity index (χ4v) is 4.39. The molecule has 0 saturated carbocycles. The Labute approximate surface area is 128 Å². The van der Waals surface area contributed by atoms with Crippen LogP contribution in [-0.4, -0.2) is 32.0 Å². The molecule has 114 valence electrons. The molecule has 0 aliphatic carbocycles. The summed E-state index contributed by atoms with van der Waals surface area (Å²) in [6, 6.07) is 10.4. The van der Waals surface area contributed by atoms with Crippen LogP contribution in [0.3, 0.4) is 0 Å². The van der Waals surface area contributed by atoms with Crippen molar-refractivity contribution >= 4 is 21.4 Å². The normalized spacial score (nSPS) is 11.8. The maximum Gasteiger partial charge on any atom is 0.252 e. The Kier molecular flexibility index (Phi) is 5.00. The second kappa shape index (κ2) is 6.57. The van der Waals surface area contributed by atoms with E-state index in [-0.39, 0.29) is 17.4 Å². The number of benzene rings is 1. The summed E-state index contributed by atoms with van der Waals surface area (Å²) in [6.45, 7) is 0.126. The van der Waals surface area contributed by atoms with Crippen molar-refractivity contribution < 1.29 is 18.3 Å². The van der Waals surface area contributed by atoms with Crippen LogP contribution in [0.4, 0.5) is 0 Å². The van der Waals surface area contributed by atoms with Gasteiger partial charge in [0.1, 0.15) is 9.96 Å². The number of nitrogens with zero attached hydrogens (tertiary/aromatic N) is 1. The van der Waals surface area contributed by atoms with Gasteiger partial charge in [-0.2, -0.15) is 4.31 Å². The van der Waals surface area contributed by atoms with E-state index < -0.39 is 10.0 Å². The molecule has 0 fully saturated rings. The number of aliphatic hydroxyl groups excluding tert-OH is 1. The van der Waals surface area contributed by atoms with Crippen molar-refractivity contribution in [2.45, 2.75) is 17.4 Å². The van der Waals surface area contributed by atoms with Gasteiger partial charge in [0.2, 0.25) is 0 Å². The van der Waals surface area contributed by atoms with Gasteiger partial charge in [0.15, 0.2) is 0 Å². The Bertz CT molecular complexity index is 692. The van der Waals surface area contributed by atoms with E-state index in [9.17, 15) is 8.42 Å². The molecule has 0 bridgehead atoms. The predicted molar refractivity (Wildman–Crippen MR) is 81.9 cm³/mol. The van der Waals surface area contributed by atoms with Crippen LogP contribution in [-0.2, 0) is 23.2 Å². The number of thiophene rings is 1. The number of sulfonamides is 1. The zero-order chi connectivity index (χ0) is 15.5. The van der Waals surface area contributed by atoms with Crippen LogP contribution in [0.5, 0.6) is 5.75 Å². The molecule has 0 spiro atoms. The smallest absolute Gasteiger partial charge is 0.252 e. The van der Waals surface area contributed by atoms with Gasteiger partial charge >= 0.3 is 0 Å². The molecule has 21 heavy (non-hydrogen) atoms. The van der Waals surface area contributed by atoms with Crippen LogP contribution in [0.2, 0.25) is 0 Å². The summed E-state index contributed by atoms with van der Waals surface area (Å²) < 4.78 is 31.4. The second-order valence-electron chi connectivity index (χ2n) is 4.49. The molecule has 1 heterocycles. The Morgan fingerprint density at radius 3 is 2.38 bits per heavy atom. The van der Waals surface area contributed by atoms with Crippen molar-refractivity contribution in [1.82, 2.24) is 4.31 Å². The summed E-state index contributed by atoms with van der Waals surface area (Å²) in [5.41, 5.74) is 0.876. The summed E-state index contributed by atoms with van der Waals surface area (Å²) in [6.07, 6.45) is 0. The third-order valence-corrected chi connectivity index (χ3v) is 6.36. The highest BCUT2D eigenvalue weighted by Gasteiger charge is 2.22. The second-order valence-corrected chi connectivity index (χ2v) is 7.93. The van der Waals surface area contributed by atoms with Gasteiger partial charge in [-0.25, -0.2) is 8.42 Å². The number of hydrogen-bond donors (Lipinski definition) is 1. The molecule has 2 rings (SSSR count). The summed E-state index contributed by atoms with van der Waals surface area (Å²) in [5, 5.41) is 9.03. The van der Waals surface area contributed by atoms with Gasteiger partial charge in [0.25, 0.3) is 10.0 Å². The fourth-order valence-electron chi connectivity index (χ4n) is 1.81. The molecule has 7 heteroatoms. The van der Waals surface area contributed by atoms with E-state index in [0.717, 1.165) is 22.6 Å². The molecule has 0 unspecified atom stereocenters. The van der Waals surface area contributed by atoms with E-state index in [1.165, 1.54) is 17.4 Å². The van der Waals surface area contributed by atoms with Gasteiger partial charge in [0, 0.05) is 18.5 Å². The minimum absolute atomic E-state index is 0.150. The van der Waals surface area contributed by atoms with E-state index in [4.69, 9.17) is 9.84 Å². The minimum atomic E-state index is -3.53. The van der Waals surface area contributed by atoms with Crippen LogP contribution < -0.4 is 4.74 Å². The lowest BCUT2D eigenvalue weighted by atomic mass is 10.2. The van der Waals surface area contributed by atoms with E-state index in [0.29, 0.717) is 4.88 Å². The number of rotatable bonds is 6.